The summed E-state index contributed by atoms with van der Waals surface area (Å²) in [6, 6.07) is 3.55. The number of benzene rings is 1. The Balaban J connectivity index is 1.42. The molecule has 1 saturated heterocycles. The van der Waals surface area contributed by atoms with E-state index in [1.807, 2.05) is 26.8 Å². The monoisotopic (exact) mass is 630 g/mol. The van der Waals surface area contributed by atoms with Gasteiger partial charge in [0, 0.05) is 68.4 Å². The van der Waals surface area contributed by atoms with Crippen LogP contribution < -0.4 is 14.8 Å². The maximum absolute atomic E-state index is 12.4. The van der Waals surface area contributed by atoms with Crippen molar-refractivity contribution in [2.45, 2.75) is 39.2 Å². The van der Waals surface area contributed by atoms with Crippen molar-refractivity contribution < 1.29 is 19.0 Å². The zero-order valence-electron chi connectivity index (χ0n) is 25.2. The molecule has 12 nitrogen and oxygen atoms in total. The highest BCUT2D eigenvalue weighted by Crippen LogP contribution is 2.47. The van der Waals surface area contributed by atoms with E-state index >= 15 is 0 Å². The summed E-state index contributed by atoms with van der Waals surface area (Å²) in [5.41, 5.74) is 1.81. The van der Waals surface area contributed by atoms with Crippen LogP contribution in [0.2, 0.25) is 10.0 Å². The number of carbonyl (C=O) groups excluding carboxylic acids is 1. The second-order valence-corrected chi connectivity index (χ2v) is 12.0. The molecule has 0 unspecified atom stereocenters. The van der Waals surface area contributed by atoms with Crippen molar-refractivity contribution >= 4 is 51.9 Å². The van der Waals surface area contributed by atoms with Crippen LogP contribution in [0.15, 0.2) is 18.3 Å². The largest absolute Gasteiger partial charge is 0.495 e. The van der Waals surface area contributed by atoms with Crippen molar-refractivity contribution in [1.29, 1.82) is 0 Å². The number of fused-ring (bicyclic) bond motifs is 3. The summed E-state index contributed by atoms with van der Waals surface area (Å²) in [5, 5.41) is 9.22. The van der Waals surface area contributed by atoms with Crippen LogP contribution in [0.1, 0.15) is 33.0 Å². The first-order chi connectivity index (χ1) is 20.5. The van der Waals surface area contributed by atoms with E-state index in [-0.39, 0.29) is 6.09 Å². The highest BCUT2D eigenvalue weighted by atomic mass is 35.5. The van der Waals surface area contributed by atoms with Crippen molar-refractivity contribution in [1.82, 2.24) is 34.4 Å². The van der Waals surface area contributed by atoms with Gasteiger partial charge in [0.2, 0.25) is 5.95 Å². The van der Waals surface area contributed by atoms with Crippen molar-refractivity contribution in [3.05, 3.63) is 34.2 Å². The van der Waals surface area contributed by atoms with Gasteiger partial charge < -0.3 is 24.4 Å². The van der Waals surface area contributed by atoms with Crippen molar-refractivity contribution in [3.63, 3.8) is 0 Å². The van der Waals surface area contributed by atoms with Gasteiger partial charge in [-0.3, -0.25) is 4.90 Å². The van der Waals surface area contributed by atoms with Gasteiger partial charge in [-0.1, -0.05) is 23.2 Å². The minimum atomic E-state index is -0.504. The van der Waals surface area contributed by atoms with Gasteiger partial charge >= 0.3 is 6.09 Å². The number of rotatable bonds is 8. The zero-order chi connectivity index (χ0) is 30.9. The first-order valence-electron chi connectivity index (χ1n) is 14.1. The predicted molar refractivity (Wildman–Crippen MR) is 167 cm³/mol. The molecule has 1 aliphatic rings. The Labute approximate surface area is 260 Å². The molecule has 0 saturated carbocycles. The second-order valence-electron chi connectivity index (χ2n) is 11.2. The molecular formula is C29H36Cl2N8O4. The average molecular weight is 632 g/mol. The number of aromatic nitrogens is 5. The van der Waals surface area contributed by atoms with Crippen molar-refractivity contribution in [2.24, 2.45) is 0 Å². The number of methoxy groups -OCH3 is 2. The van der Waals surface area contributed by atoms with Gasteiger partial charge in [-0.2, -0.15) is 9.50 Å². The Morgan fingerprint density at radius 2 is 1.67 bits per heavy atom. The molecule has 230 valence electrons. The zero-order valence-corrected chi connectivity index (χ0v) is 26.7. The minimum Gasteiger partial charge on any atom is -0.495 e. The van der Waals surface area contributed by atoms with Gasteiger partial charge in [0.15, 0.2) is 17.1 Å². The van der Waals surface area contributed by atoms with Gasteiger partial charge in [-0.05, 0) is 39.8 Å². The number of nitrogens with one attached hydrogen (secondary N) is 1. The van der Waals surface area contributed by atoms with Crippen LogP contribution in [0.5, 0.6) is 11.5 Å². The molecule has 1 aliphatic heterocycles. The summed E-state index contributed by atoms with van der Waals surface area (Å²) in [5.74, 6) is 1.96. The number of halogens is 2. The fraction of sp³-hybridized carbons (Fsp3) is 0.483. The molecule has 0 radical (unpaired) electrons. The lowest BCUT2D eigenvalue weighted by Crippen LogP contribution is -2.50. The number of hydrogen-bond donors (Lipinski definition) is 1. The minimum absolute atomic E-state index is 0.261. The molecule has 0 bridgehead atoms. The van der Waals surface area contributed by atoms with Gasteiger partial charge in [-0.15, -0.1) is 5.10 Å². The number of hydrogen-bond acceptors (Lipinski definition) is 10. The topological polar surface area (TPSA) is 119 Å². The molecule has 4 heterocycles. The lowest BCUT2D eigenvalue weighted by atomic mass is 10.0. The molecule has 3 aromatic heterocycles. The average Bonchev–Trinajstić information content (AvgIpc) is 3.41. The molecule has 0 aliphatic carbocycles. The standard InChI is InChI=1S/C29H36Cl2N8O4/c1-29(2,3)43-28(40)38-12-10-37(11-13-38)9-7-8-21-34-26-18(22-23(30)19(41-5)15-20(42-6)24(22)31)14-17-16-33-27(32-4)35-25(17)39(26)36-21/h14-16H,7-13H2,1-6H3,(H,32,33,35). The molecule has 4 aromatic rings. The summed E-state index contributed by atoms with van der Waals surface area (Å²) in [6.45, 7) is 9.32. The van der Waals surface area contributed by atoms with Gasteiger partial charge in [-0.25, -0.2) is 14.8 Å². The number of amides is 1. The quantitative estimate of drug-likeness (QED) is 0.278. The van der Waals surface area contributed by atoms with Crippen molar-refractivity contribution in [3.8, 4) is 22.6 Å². The maximum atomic E-state index is 12.4. The van der Waals surface area contributed by atoms with Gasteiger partial charge in [0.25, 0.3) is 0 Å². The maximum Gasteiger partial charge on any atom is 0.410 e. The van der Waals surface area contributed by atoms with E-state index in [0.29, 0.717) is 75.2 Å². The third-order valence-electron chi connectivity index (χ3n) is 7.15. The van der Waals surface area contributed by atoms with Gasteiger partial charge in [0.05, 0.1) is 24.3 Å². The summed E-state index contributed by atoms with van der Waals surface area (Å²) < 4.78 is 18.2. The molecule has 43 heavy (non-hydrogen) atoms. The number of piperazine rings is 1. The Morgan fingerprint density at radius 1 is 1.00 bits per heavy atom. The van der Waals surface area contributed by atoms with Crippen LogP contribution in [0.4, 0.5) is 10.7 Å². The van der Waals surface area contributed by atoms with Crippen LogP contribution in [0.25, 0.3) is 27.8 Å². The third-order valence-corrected chi connectivity index (χ3v) is 7.90. The summed E-state index contributed by atoms with van der Waals surface area (Å²) in [7, 11) is 4.83. The van der Waals surface area contributed by atoms with Crippen molar-refractivity contribution in [2.75, 3.05) is 59.3 Å². The van der Waals surface area contributed by atoms with Crippen LogP contribution >= 0.6 is 23.2 Å². The first-order valence-corrected chi connectivity index (χ1v) is 14.8. The number of nitrogens with zero attached hydrogens (tertiary/aromatic N) is 7. The fourth-order valence-electron chi connectivity index (χ4n) is 5.02. The number of ether oxygens (including phenoxy) is 3. The van der Waals surface area contributed by atoms with E-state index in [1.165, 1.54) is 14.2 Å². The Hall–Kier alpha value is -3.61. The Bertz CT molecular complexity index is 1620. The van der Waals surface area contributed by atoms with Crippen LogP contribution in [0.3, 0.4) is 0 Å². The second kappa shape index (κ2) is 12.6. The number of anilines is 1. The molecule has 1 aromatic carbocycles. The Morgan fingerprint density at radius 3 is 2.28 bits per heavy atom. The number of aryl methyl sites for hydroxylation is 1. The molecule has 1 fully saturated rings. The fourth-order valence-corrected chi connectivity index (χ4v) is 5.73. The SMILES string of the molecule is CNc1ncc2cc(-c3c(Cl)c(OC)cc(OC)c3Cl)c3nc(CCCN4CCN(C(=O)OC(C)(C)C)CC4)nn3c2n1. The van der Waals surface area contributed by atoms with E-state index in [4.69, 9.17) is 47.5 Å². The van der Waals surface area contributed by atoms with E-state index < -0.39 is 5.60 Å². The Kier molecular flexibility index (Phi) is 9.00. The molecular weight excluding hydrogens is 595 g/mol. The third kappa shape index (κ3) is 6.51. The van der Waals surface area contributed by atoms with E-state index in [9.17, 15) is 4.79 Å². The van der Waals surface area contributed by atoms with Crippen LogP contribution in [0, 0.1) is 0 Å². The normalized spacial score (nSPS) is 14.4. The summed E-state index contributed by atoms with van der Waals surface area (Å²) in [6.07, 6.45) is 2.93. The summed E-state index contributed by atoms with van der Waals surface area (Å²) >= 11 is 13.6. The lowest BCUT2D eigenvalue weighted by Gasteiger charge is -2.35. The van der Waals surface area contributed by atoms with Crippen LogP contribution in [-0.2, 0) is 11.2 Å². The first kappa shape index (κ1) is 30.8. The number of carbonyl (C=O) groups is 1. The predicted octanol–water partition coefficient (Wildman–Crippen LogP) is 5.19. The molecule has 14 heteroatoms. The van der Waals surface area contributed by atoms with E-state index in [1.54, 1.807) is 28.7 Å². The van der Waals surface area contributed by atoms with Gasteiger partial charge in [0.1, 0.15) is 17.1 Å². The van der Waals surface area contributed by atoms with E-state index in [2.05, 4.69) is 20.2 Å². The lowest BCUT2D eigenvalue weighted by molar-refractivity contribution is 0.0144. The molecule has 0 spiro atoms. The number of pyridine rings is 1. The molecule has 0 atom stereocenters. The summed E-state index contributed by atoms with van der Waals surface area (Å²) in [4.78, 5) is 30.5. The molecule has 1 amide bonds. The molecule has 5 rings (SSSR count). The smallest absolute Gasteiger partial charge is 0.410 e. The highest BCUT2D eigenvalue weighted by molar-refractivity contribution is 6.41. The molecule has 1 N–H and O–H groups in total. The van der Waals surface area contributed by atoms with Crippen LogP contribution in [-0.4, -0.2) is 100 Å². The highest BCUT2D eigenvalue weighted by Gasteiger charge is 2.26. The van der Waals surface area contributed by atoms with E-state index in [0.717, 1.165) is 31.4 Å².